The zero-order valence-electron chi connectivity index (χ0n) is 12.6. The minimum atomic E-state index is -0.0344. The van der Waals surface area contributed by atoms with Crippen molar-refractivity contribution in [2.45, 2.75) is 19.1 Å². The van der Waals surface area contributed by atoms with Gasteiger partial charge in [-0.1, -0.05) is 6.92 Å². The molecule has 0 radical (unpaired) electrons. The van der Waals surface area contributed by atoms with Crippen LogP contribution in [0.2, 0.25) is 0 Å². The van der Waals surface area contributed by atoms with Gasteiger partial charge < -0.3 is 24.3 Å². The standard InChI is InChI=1S/C15H22BrNO4/c1-4-17-14(12-9-20-7-8-21-12)10-5-6-11(18-2)13(16)15(10)19-3/h5-6,12,14,17H,4,7-9H2,1-3H3. The smallest absolute Gasteiger partial charge is 0.141 e. The van der Waals surface area contributed by atoms with Gasteiger partial charge in [-0.15, -0.1) is 0 Å². The van der Waals surface area contributed by atoms with Gasteiger partial charge in [0.25, 0.3) is 0 Å². The molecule has 1 saturated heterocycles. The largest absolute Gasteiger partial charge is 0.495 e. The highest BCUT2D eigenvalue weighted by molar-refractivity contribution is 9.10. The summed E-state index contributed by atoms with van der Waals surface area (Å²) >= 11 is 3.55. The zero-order valence-corrected chi connectivity index (χ0v) is 14.2. The van der Waals surface area contributed by atoms with Crippen LogP contribution in [-0.4, -0.2) is 46.7 Å². The summed E-state index contributed by atoms with van der Waals surface area (Å²) in [6.07, 6.45) is -0.0344. The Hall–Kier alpha value is -0.820. The molecule has 21 heavy (non-hydrogen) atoms. The highest BCUT2D eigenvalue weighted by atomic mass is 79.9. The predicted molar refractivity (Wildman–Crippen MR) is 84.2 cm³/mol. The van der Waals surface area contributed by atoms with Crippen LogP contribution in [0.4, 0.5) is 0 Å². The van der Waals surface area contributed by atoms with Crippen molar-refractivity contribution in [1.29, 1.82) is 0 Å². The van der Waals surface area contributed by atoms with Crippen molar-refractivity contribution in [1.82, 2.24) is 5.32 Å². The van der Waals surface area contributed by atoms with Crippen LogP contribution >= 0.6 is 15.9 Å². The number of rotatable bonds is 6. The first-order valence-electron chi connectivity index (χ1n) is 7.06. The lowest BCUT2D eigenvalue weighted by Gasteiger charge is -2.32. The van der Waals surface area contributed by atoms with Gasteiger partial charge in [0.05, 0.1) is 40.1 Å². The van der Waals surface area contributed by atoms with Crippen LogP contribution in [0.5, 0.6) is 11.5 Å². The Labute approximate surface area is 134 Å². The van der Waals surface area contributed by atoms with E-state index in [0.717, 1.165) is 28.1 Å². The lowest BCUT2D eigenvalue weighted by Crippen LogP contribution is -2.40. The van der Waals surface area contributed by atoms with Crippen molar-refractivity contribution in [2.24, 2.45) is 0 Å². The second-order valence-electron chi connectivity index (χ2n) is 4.72. The van der Waals surface area contributed by atoms with Crippen LogP contribution in [0, 0.1) is 0 Å². The number of benzene rings is 1. The second-order valence-corrected chi connectivity index (χ2v) is 5.52. The molecule has 6 heteroatoms. The molecule has 5 nitrogen and oxygen atoms in total. The molecule has 1 aliphatic rings. The highest BCUT2D eigenvalue weighted by Crippen LogP contribution is 2.41. The first kappa shape index (κ1) is 16.5. The van der Waals surface area contributed by atoms with Crippen molar-refractivity contribution >= 4 is 15.9 Å². The Morgan fingerprint density at radius 3 is 2.71 bits per heavy atom. The van der Waals surface area contributed by atoms with Gasteiger partial charge in [-0.3, -0.25) is 0 Å². The van der Waals surface area contributed by atoms with Crippen LogP contribution in [0.25, 0.3) is 0 Å². The molecule has 0 spiro atoms. The molecule has 2 atom stereocenters. The molecular weight excluding hydrogens is 338 g/mol. The molecule has 2 unspecified atom stereocenters. The van der Waals surface area contributed by atoms with Crippen LogP contribution in [0.15, 0.2) is 16.6 Å². The number of halogens is 1. The molecule has 1 heterocycles. The Kier molecular flexibility index (Phi) is 6.29. The third-order valence-electron chi connectivity index (χ3n) is 3.49. The summed E-state index contributed by atoms with van der Waals surface area (Å²) in [6.45, 7) is 4.74. The zero-order chi connectivity index (χ0) is 15.2. The fourth-order valence-corrected chi connectivity index (χ4v) is 3.21. The van der Waals surface area contributed by atoms with E-state index in [1.165, 1.54) is 0 Å². The van der Waals surface area contributed by atoms with Gasteiger partial charge in [0, 0.05) is 5.56 Å². The third-order valence-corrected chi connectivity index (χ3v) is 4.24. The first-order chi connectivity index (χ1) is 10.2. The van der Waals surface area contributed by atoms with Gasteiger partial charge >= 0.3 is 0 Å². The molecule has 2 rings (SSSR count). The van der Waals surface area contributed by atoms with E-state index in [4.69, 9.17) is 18.9 Å². The van der Waals surface area contributed by atoms with Gasteiger partial charge in [-0.25, -0.2) is 0 Å². The van der Waals surface area contributed by atoms with Crippen LogP contribution < -0.4 is 14.8 Å². The predicted octanol–water partition coefficient (Wildman–Crippen LogP) is 2.53. The summed E-state index contributed by atoms with van der Waals surface area (Å²) in [7, 11) is 3.29. The van der Waals surface area contributed by atoms with E-state index >= 15 is 0 Å². The minimum absolute atomic E-state index is 0.00690. The molecule has 0 amide bonds. The molecule has 1 fully saturated rings. The van der Waals surface area contributed by atoms with E-state index in [-0.39, 0.29) is 12.1 Å². The van der Waals surface area contributed by atoms with Gasteiger partial charge in [0.15, 0.2) is 0 Å². The van der Waals surface area contributed by atoms with E-state index < -0.39 is 0 Å². The number of likely N-dealkylation sites (N-methyl/N-ethyl adjacent to an activating group) is 1. The topological polar surface area (TPSA) is 49.0 Å². The van der Waals surface area contributed by atoms with Crippen LogP contribution in [0.1, 0.15) is 18.5 Å². The number of hydrogen-bond donors (Lipinski definition) is 1. The molecule has 1 N–H and O–H groups in total. The summed E-state index contributed by atoms with van der Waals surface area (Å²) in [5.41, 5.74) is 1.03. The maximum Gasteiger partial charge on any atom is 0.141 e. The number of ether oxygens (including phenoxy) is 4. The molecule has 118 valence electrons. The van der Waals surface area contributed by atoms with Crippen molar-refractivity contribution in [2.75, 3.05) is 40.6 Å². The average molecular weight is 360 g/mol. The Balaban J connectivity index is 2.36. The number of nitrogens with one attached hydrogen (secondary N) is 1. The van der Waals surface area contributed by atoms with Crippen molar-refractivity contribution in [3.05, 3.63) is 22.2 Å². The Morgan fingerprint density at radius 2 is 2.14 bits per heavy atom. The lowest BCUT2D eigenvalue weighted by molar-refractivity contribution is -0.102. The van der Waals surface area contributed by atoms with E-state index in [1.807, 2.05) is 12.1 Å². The highest BCUT2D eigenvalue weighted by Gasteiger charge is 2.29. The number of methoxy groups -OCH3 is 2. The van der Waals surface area contributed by atoms with Gasteiger partial charge in [0.1, 0.15) is 22.1 Å². The lowest BCUT2D eigenvalue weighted by atomic mass is 9.99. The normalized spacial score (nSPS) is 20.1. The fraction of sp³-hybridized carbons (Fsp3) is 0.600. The second kappa shape index (κ2) is 7.98. The van der Waals surface area contributed by atoms with Crippen molar-refractivity contribution in [3.63, 3.8) is 0 Å². The maximum absolute atomic E-state index is 5.85. The van der Waals surface area contributed by atoms with E-state index in [1.54, 1.807) is 14.2 Å². The summed E-state index contributed by atoms with van der Waals surface area (Å²) in [6, 6.07) is 3.94. The molecule has 1 aromatic carbocycles. The van der Waals surface area contributed by atoms with Gasteiger partial charge in [-0.05, 0) is 34.6 Å². The SMILES string of the molecule is CCNC(c1ccc(OC)c(Br)c1OC)C1COCCO1. The fourth-order valence-electron chi connectivity index (χ4n) is 2.52. The summed E-state index contributed by atoms with van der Waals surface area (Å²) in [5, 5.41) is 3.46. The maximum atomic E-state index is 5.85. The molecule has 0 aromatic heterocycles. The van der Waals surface area contributed by atoms with Crippen molar-refractivity contribution in [3.8, 4) is 11.5 Å². The van der Waals surface area contributed by atoms with E-state index in [0.29, 0.717) is 19.8 Å². The van der Waals surface area contributed by atoms with Crippen LogP contribution in [-0.2, 0) is 9.47 Å². The molecule has 1 aliphatic heterocycles. The average Bonchev–Trinajstić information content (AvgIpc) is 2.53. The molecular formula is C15H22BrNO4. The molecule has 1 aromatic rings. The van der Waals surface area contributed by atoms with Gasteiger partial charge in [0.2, 0.25) is 0 Å². The first-order valence-corrected chi connectivity index (χ1v) is 7.85. The quantitative estimate of drug-likeness (QED) is 0.845. The summed E-state index contributed by atoms with van der Waals surface area (Å²) < 4.78 is 23.1. The minimum Gasteiger partial charge on any atom is -0.495 e. The third kappa shape index (κ3) is 3.69. The summed E-state index contributed by atoms with van der Waals surface area (Å²) in [4.78, 5) is 0. The molecule has 0 aliphatic carbocycles. The Morgan fingerprint density at radius 1 is 1.33 bits per heavy atom. The van der Waals surface area contributed by atoms with Gasteiger partial charge in [-0.2, -0.15) is 0 Å². The summed E-state index contributed by atoms with van der Waals surface area (Å²) in [5.74, 6) is 1.50. The van der Waals surface area contributed by atoms with Crippen LogP contribution in [0.3, 0.4) is 0 Å². The van der Waals surface area contributed by atoms with E-state index in [9.17, 15) is 0 Å². The number of hydrogen-bond acceptors (Lipinski definition) is 5. The van der Waals surface area contributed by atoms with E-state index in [2.05, 4.69) is 28.2 Å². The molecule has 0 saturated carbocycles. The molecule has 0 bridgehead atoms. The Bertz CT molecular complexity index is 463. The monoisotopic (exact) mass is 359 g/mol. The van der Waals surface area contributed by atoms with Crippen molar-refractivity contribution < 1.29 is 18.9 Å².